The molecule has 0 saturated carbocycles. The maximum atomic E-state index is 12.0. The standard InChI is InChI=1S/C11H14ClN5O2/c1-6-5-17-7-8(13-10(17)16(6)4-3-12)15(2)11(19)14-9(7)18/h5,7-8H,3-4H2,1-2H3,(H,14,18,19). The molecule has 3 aliphatic rings. The van der Waals surface area contributed by atoms with E-state index in [0.29, 0.717) is 18.4 Å². The number of likely N-dealkylation sites (N-methyl/N-ethyl adjacent to an activating group) is 1. The summed E-state index contributed by atoms with van der Waals surface area (Å²) in [4.78, 5) is 33.3. The van der Waals surface area contributed by atoms with Gasteiger partial charge in [-0.3, -0.25) is 10.1 Å². The number of hydrogen-bond donors (Lipinski definition) is 1. The van der Waals surface area contributed by atoms with Gasteiger partial charge in [0.05, 0.1) is 0 Å². The predicted molar refractivity (Wildman–Crippen MR) is 69.3 cm³/mol. The van der Waals surface area contributed by atoms with Gasteiger partial charge >= 0.3 is 6.03 Å². The third-order valence-corrected chi connectivity index (χ3v) is 3.75. The Morgan fingerprint density at radius 1 is 1.47 bits per heavy atom. The molecule has 1 fully saturated rings. The van der Waals surface area contributed by atoms with E-state index in [1.54, 1.807) is 7.05 Å². The van der Waals surface area contributed by atoms with Crippen LogP contribution >= 0.6 is 11.6 Å². The molecular weight excluding hydrogens is 270 g/mol. The van der Waals surface area contributed by atoms with E-state index < -0.39 is 18.2 Å². The van der Waals surface area contributed by atoms with Gasteiger partial charge in [-0.05, 0) is 6.92 Å². The minimum atomic E-state index is -0.493. The van der Waals surface area contributed by atoms with Crippen LogP contribution in [0.1, 0.15) is 6.92 Å². The summed E-state index contributed by atoms with van der Waals surface area (Å²) in [5, 5.41) is 2.33. The van der Waals surface area contributed by atoms with E-state index in [1.165, 1.54) is 4.90 Å². The number of guanidine groups is 1. The molecule has 0 radical (unpaired) electrons. The minimum absolute atomic E-state index is 0.316. The van der Waals surface area contributed by atoms with Crippen molar-refractivity contribution in [1.82, 2.24) is 20.0 Å². The Morgan fingerprint density at radius 3 is 2.89 bits per heavy atom. The van der Waals surface area contributed by atoms with Crippen molar-refractivity contribution in [3.63, 3.8) is 0 Å². The number of alkyl halides is 1. The Balaban J connectivity index is 1.96. The molecule has 0 bridgehead atoms. The van der Waals surface area contributed by atoms with Crippen molar-refractivity contribution >= 4 is 29.5 Å². The Kier molecular flexibility index (Phi) is 2.67. The van der Waals surface area contributed by atoms with Crippen molar-refractivity contribution in [1.29, 1.82) is 0 Å². The van der Waals surface area contributed by atoms with Crippen molar-refractivity contribution in [3.05, 3.63) is 11.9 Å². The van der Waals surface area contributed by atoms with Crippen LogP contribution in [-0.4, -0.2) is 64.3 Å². The van der Waals surface area contributed by atoms with Crippen LogP contribution in [0, 0.1) is 0 Å². The number of allylic oxidation sites excluding steroid dienone is 1. The highest BCUT2D eigenvalue weighted by Crippen LogP contribution is 2.31. The SMILES string of the molecule is CC1=CN2C(=NC3C2C(=O)NC(=O)N3C)N1CCCl. The number of imide groups is 1. The van der Waals surface area contributed by atoms with Crippen LogP contribution < -0.4 is 5.32 Å². The van der Waals surface area contributed by atoms with E-state index in [1.807, 2.05) is 22.9 Å². The van der Waals surface area contributed by atoms with E-state index in [-0.39, 0.29) is 5.91 Å². The second-order valence-electron chi connectivity index (χ2n) is 4.71. The van der Waals surface area contributed by atoms with Gasteiger partial charge in [0.25, 0.3) is 5.91 Å². The van der Waals surface area contributed by atoms with E-state index in [2.05, 4.69) is 10.3 Å². The molecule has 3 amide bonds. The van der Waals surface area contributed by atoms with Crippen LogP contribution in [0.2, 0.25) is 0 Å². The van der Waals surface area contributed by atoms with Crippen molar-refractivity contribution in [2.45, 2.75) is 19.1 Å². The van der Waals surface area contributed by atoms with Crippen LogP contribution in [0.25, 0.3) is 0 Å². The molecule has 3 heterocycles. The molecule has 102 valence electrons. The number of nitrogens with one attached hydrogen (secondary N) is 1. The van der Waals surface area contributed by atoms with Crippen LogP contribution in [0.3, 0.4) is 0 Å². The zero-order valence-corrected chi connectivity index (χ0v) is 11.4. The lowest BCUT2D eigenvalue weighted by Gasteiger charge is -2.34. The molecule has 8 heteroatoms. The van der Waals surface area contributed by atoms with Crippen molar-refractivity contribution in [2.24, 2.45) is 4.99 Å². The third kappa shape index (κ3) is 1.61. The summed E-state index contributed by atoms with van der Waals surface area (Å²) in [7, 11) is 1.63. The fraction of sp³-hybridized carbons (Fsp3) is 0.545. The van der Waals surface area contributed by atoms with Crippen LogP contribution in [0.4, 0.5) is 4.79 Å². The number of amides is 3. The number of rotatable bonds is 2. The number of carbonyl (C=O) groups is 2. The maximum absolute atomic E-state index is 12.0. The highest BCUT2D eigenvalue weighted by Gasteiger charge is 2.51. The molecule has 1 saturated heterocycles. The lowest BCUT2D eigenvalue weighted by atomic mass is 10.1. The predicted octanol–water partition coefficient (Wildman–Crippen LogP) is -0.0500. The first kappa shape index (κ1) is 12.3. The Labute approximate surface area is 115 Å². The fourth-order valence-electron chi connectivity index (χ4n) is 2.61. The molecule has 0 spiro atoms. The van der Waals surface area contributed by atoms with Crippen molar-refractivity contribution in [2.75, 3.05) is 19.5 Å². The Hall–Kier alpha value is -1.76. The number of aliphatic imine (C=N–C) groups is 1. The van der Waals surface area contributed by atoms with Gasteiger partial charge in [0.1, 0.15) is 0 Å². The van der Waals surface area contributed by atoms with Gasteiger partial charge in [0, 0.05) is 31.4 Å². The summed E-state index contributed by atoms with van der Waals surface area (Å²) in [6, 6.07) is -0.908. The Morgan fingerprint density at radius 2 is 2.21 bits per heavy atom. The van der Waals surface area contributed by atoms with Gasteiger partial charge in [-0.15, -0.1) is 11.6 Å². The maximum Gasteiger partial charge on any atom is 0.325 e. The van der Waals surface area contributed by atoms with Crippen LogP contribution in [0.5, 0.6) is 0 Å². The van der Waals surface area contributed by atoms with Crippen LogP contribution in [0.15, 0.2) is 16.9 Å². The zero-order chi connectivity index (χ0) is 13.7. The van der Waals surface area contributed by atoms with Gasteiger partial charge in [-0.25, -0.2) is 9.79 Å². The first-order chi connectivity index (χ1) is 9.04. The Bertz CT molecular complexity index is 517. The molecule has 0 aromatic rings. The number of carbonyl (C=O) groups excluding carboxylic acids is 2. The highest BCUT2D eigenvalue weighted by atomic mass is 35.5. The summed E-state index contributed by atoms with van der Waals surface area (Å²) >= 11 is 5.78. The van der Waals surface area contributed by atoms with Gasteiger partial charge in [-0.2, -0.15) is 0 Å². The summed E-state index contributed by atoms with van der Waals surface area (Å²) in [5.41, 5.74) is 0.991. The molecule has 2 unspecified atom stereocenters. The molecule has 2 atom stereocenters. The minimum Gasteiger partial charge on any atom is -0.314 e. The number of urea groups is 1. The van der Waals surface area contributed by atoms with Gasteiger partial charge < -0.3 is 14.7 Å². The lowest BCUT2D eigenvalue weighted by molar-refractivity contribution is -0.126. The first-order valence-corrected chi connectivity index (χ1v) is 6.53. The topological polar surface area (TPSA) is 68.2 Å². The molecule has 3 rings (SSSR count). The summed E-state index contributed by atoms with van der Waals surface area (Å²) in [5.74, 6) is 0.836. The largest absolute Gasteiger partial charge is 0.325 e. The van der Waals surface area contributed by atoms with Crippen LogP contribution in [-0.2, 0) is 4.79 Å². The van der Waals surface area contributed by atoms with Crippen molar-refractivity contribution < 1.29 is 9.59 Å². The van der Waals surface area contributed by atoms with E-state index in [4.69, 9.17) is 11.6 Å². The molecule has 0 aromatic carbocycles. The molecule has 1 N–H and O–H groups in total. The molecule has 0 aliphatic carbocycles. The average Bonchev–Trinajstić information content (AvgIpc) is 2.85. The molecule has 19 heavy (non-hydrogen) atoms. The van der Waals surface area contributed by atoms with Gasteiger partial charge in [0.2, 0.25) is 5.96 Å². The molecule has 0 aromatic heterocycles. The smallest absolute Gasteiger partial charge is 0.314 e. The summed E-state index contributed by atoms with van der Waals surface area (Å²) < 4.78 is 0. The molecular formula is C11H14ClN5O2. The quantitative estimate of drug-likeness (QED) is 0.722. The normalized spacial score (nSPS) is 29.1. The number of hydrogen-bond acceptors (Lipinski definition) is 5. The lowest BCUT2D eigenvalue weighted by Crippen LogP contribution is -2.62. The van der Waals surface area contributed by atoms with Gasteiger partial charge in [0.15, 0.2) is 12.2 Å². The fourth-order valence-corrected chi connectivity index (χ4v) is 2.78. The highest BCUT2D eigenvalue weighted by molar-refractivity contribution is 6.18. The number of nitrogens with zero attached hydrogens (tertiary/aromatic N) is 4. The molecule has 7 nitrogen and oxygen atoms in total. The van der Waals surface area contributed by atoms with E-state index >= 15 is 0 Å². The van der Waals surface area contributed by atoms with Crippen molar-refractivity contribution in [3.8, 4) is 0 Å². The monoisotopic (exact) mass is 283 g/mol. The second-order valence-corrected chi connectivity index (χ2v) is 5.09. The second kappa shape index (κ2) is 4.12. The zero-order valence-electron chi connectivity index (χ0n) is 10.6. The van der Waals surface area contributed by atoms with E-state index in [9.17, 15) is 9.59 Å². The number of fused-ring (bicyclic) bond motifs is 3. The summed E-state index contributed by atoms with van der Waals surface area (Å²) in [6.45, 7) is 2.57. The summed E-state index contributed by atoms with van der Waals surface area (Å²) in [6.07, 6.45) is 1.40. The first-order valence-electron chi connectivity index (χ1n) is 6.00. The third-order valence-electron chi connectivity index (χ3n) is 3.58. The van der Waals surface area contributed by atoms with E-state index in [0.717, 1.165) is 5.70 Å². The van der Waals surface area contributed by atoms with Gasteiger partial charge in [-0.1, -0.05) is 0 Å². The number of halogens is 1. The average molecular weight is 284 g/mol. The molecule has 3 aliphatic heterocycles.